The average molecular weight is 456 g/mol. The molecule has 2 heterocycles. The third kappa shape index (κ3) is 5.04. The number of para-hydroxylation sites is 1. The van der Waals surface area contributed by atoms with E-state index in [2.05, 4.69) is 9.97 Å². The standard InChI is InChI=1S/C23H29N5O3S/c1-4-6-12-27(20-21(24)28(11-5-2)23(31)26-22(20)30)19(29)14-32-18-13-15(3)16-9-7-8-10-17(16)25-18/h7-10,13H,4-6,11-12,14,24H2,1-3H3,(H,26,30,31). The Balaban J connectivity index is 1.90. The van der Waals surface area contributed by atoms with E-state index in [0.29, 0.717) is 25.9 Å². The van der Waals surface area contributed by atoms with Gasteiger partial charge in [-0.1, -0.05) is 50.2 Å². The molecule has 0 atom stereocenters. The molecule has 0 saturated carbocycles. The topological polar surface area (TPSA) is 114 Å². The molecule has 9 heteroatoms. The summed E-state index contributed by atoms with van der Waals surface area (Å²) >= 11 is 1.32. The van der Waals surface area contributed by atoms with E-state index in [1.165, 1.54) is 21.2 Å². The summed E-state index contributed by atoms with van der Waals surface area (Å²) in [6.45, 7) is 6.63. The lowest BCUT2D eigenvalue weighted by molar-refractivity contribution is -0.116. The maximum absolute atomic E-state index is 13.2. The van der Waals surface area contributed by atoms with Crippen LogP contribution in [0.2, 0.25) is 0 Å². The van der Waals surface area contributed by atoms with E-state index < -0.39 is 11.2 Å². The first-order valence-electron chi connectivity index (χ1n) is 10.8. The molecule has 0 aliphatic rings. The average Bonchev–Trinajstić information content (AvgIpc) is 2.77. The molecular formula is C23H29N5O3S. The van der Waals surface area contributed by atoms with Crippen molar-refractivity contribution in [2.75, 3.05) is 22.9 Å². The lowest BCUT2D eigenvalue weighted by atomic mass is 10.1. The molecule has 2 aromatic heterocycles. The van der Waals surface area contributed by atoms with Gasteiger partial charge in [0.15, 0.2) is 5.69 Å². The number of aromatic amines is 1. The van der Waals surface area contributed by atoms with Crippen molar-refractivity contribution >= 4 is 40.1 Å². The van der Waals surface area contributed by atoms with Crippen LogP contribution in [0.5, 0.6) is 0 Å². The summed E-state index contributed by atoms with van der Waals surface area (Å²) < 4.78 is 1.31. The van der Waals surface area contributed by atoms with Gasteiger partial charge in [-0.3, -0.25) is 19.1 Å². The zero-order chi connectivity index (χ0) is 23.3. The highest BCUT2D eigenvalue weighted by atomic mass is 32.2. The fourth-order valence-electron chi connectivity index (χ4n) is 3.57. The van der Waals surface area contributed by atoms with Gasteiger partial charge in [0.05, 0.1) is 16.3 Å². The summed E-state index contributed by atoms with van der Waals surface area (Å²) in [6, 6.07) is 9.82. The number of nitrogens with one attached hydrogen (secondary N) is 1. The molecule has 3 rings (SSSR count). The SMILES string of the molecule is CCCCN(C(=O)CSc1cc(C)c2ccccc2n1)c1c(N)n(CCC)c(=O)[nH]c1=O. The van der Waals surface area contributed by atoms with Crippen LogP contribution < -0.4 is 21.9 Å². The molecule has 0 spiro atoms. The molecule has 32 heavy (non-hydrogen) atoms. The molecule has 1 aromatic carbocycles. The summed E-state index contributed by atoms with van der Waals surface area (Å²) in [5.74, 6) is -0.134. The highest BCUT2D eigenvalue weighted by Crippen LogP contribution is 2.25. The van der Waals surface area contributed by atoms with E-state index in [0.717, 1.165) is 27.9 Å². The number of nitrogen functional groups attached to an aromatic ring is 1. The first kappa shape index (κ1) is 23.6. The normalized spacial score (nSPS) is 11.1. The predicted octanol–water partition coefficient (Wildman–Crippen LogP) is 3.31. The molecule has 170 valence electrons. The van der Waals surface area contributed by atoms with Crippen LogP contribution in [0.3, 0.4) is 0 Å². The monoisotopic (exact) mass is 455 g/mol. The molecule has 0 aliphatic heterocycles. The van der Waals surface area contributed by atoms with E-state index in [1.54, 1.807) is 0 Å². The van der Waals surface area contributed by atoms with E-state index in [-0.39, 0.29) is 23.2 Å². The minimum absolute atomic E-state index is 0.0229. The number of fused-ring (bicyclic) bond motifs is 1. The molecule has 0 aliphatic carbocycles. The van der Waals surface area contributed by atoms with Crippen molar-refractivity contribution in [1.29, 1.82) is 0 Å². The first-order chi connectivity index (χ1) is 15.4. The summed E-state index contributed by atoms with van der Waals surface area (Å²) in [5, 5.41) is 1.81. The number of hydrogen-bond donors (Lipinski definition) is 2. The van der Waals surface area contributed by atoms with Gasteiger partial charge in [-0.05, 0) is 37.5 Å². The second kappa shape index (κ2) is 10.5. The second-order valence-corrected chi connectivity index (χ2v) is 8.62. The number of pyridine rings is 1. The van der Waals surface area contributed by atoms with Crippen molar-refractivity contribution in [2.45, 2.75) is 51.6 Å². The number of H-pyrrole nitrogens is 1. The number of hydrogen-bond acceptors (Lipinski definition) is 6. The van der Waals surface area contributed by atoms with Crippen LogP contribution >= 0.6 is 11.8 Å². The van der Waals surface area contributed by atoms with Crippen LogP contribution in [0.15, 0.2) is 44.9 Å². The number of rotatable bonds is 9. The Bertz CT molecular complexity index is 1230. The van der Waals surface area contributed by atoms with Crippen molar-refractivity contribution in [3.63, 3.8) is 0 Å². The fourth-order valence-corrected chi connectivity index (χ4v) is 4.42. The quantitative estimate of drug-likeness (QED) is 0.479. The maximum Gasteiger partial charge on any atom is 0.330 e. The maximum atomic E-state index is 13.2. The van der Waals surface area contributed by atoms with Crippen LogP contribution in [0.25, 0.3) is 10.9 Å². The molecule has 3 aromatic rings. The number of aromatic nitrogens is 3. The van der Waals surface area contributed by atoms with Gasteiger partial charge in [-0.25, -0.2) is 9.78 Å². The van der Waals surface area contributed by atoms with E-state index in [1.807, 2.05) is 51.1 Å². The first-order valence-corrected chi connectivity index (χ1v) is 11.8. The summed E-state index contributed by atoms with van der Waals surface area (Å²) in [6.07, 6.45) is 2.21. The van der Waals surface area contributed by atoms with Crippen LogP contribution in [0.4, 0.5) is 11.5 Å². The number of aryl methyl sites for hydroxylation is 1. The Morgan fingerprint density at radius 2 is 1.97 bits per heavy atom. The number of thioether (sulfide) groups is 1. The third-order valence-corrected chi connectivity index (χ3v) is 6.11. The van der Waals surface area contributed by atoms with Gasteiger partial charge in [0.25, 0.3) is 5.56 Å². The van der Waals surface area contributed by atoms with Crippen LogP contribution in [-0.2, 0) is 11.3 Å². The highest BCUT2D eigenvalue weighted by Gasteiger charge is 2.24. The summed E-state index contributed by atoms with van der Waals surface area (Å²) in [5.41, 5.74) is 6.99. The predicted molar refractivity (Wildman–Crippen MR) is 130 cm³/mol. The Morgan fingerprint density at radius 3 is 2.69 bits per heavy atom. The number of benzene rings is 1. The third-order valence-electron chi connectivity index (χ3n) is 5.21. The number of unbranched alkanes of at least 4 members (excludes halogenated alkanes) is 1. The number of amides is 1. The van der Waals surface area contributed by atoms with Crippen LogP contribution in [-0.4, -0.2) is 32.7 Å². The van der Waals surface area contributed by atoms with Crippen molar-refractivity contribution in [3.05, 3.63) is 56.7 Å². The van der Waals surface area contributed by atoms with Gasteiger partial charge in [0.1, 0.15) is 5.82 Å². The molecular weight excluding hydrogens is 426 g/mol. The van der Waals surface area contributed by atoms with Gasteiger partial charge in [-0.15, -0.1) is 0 Å². The molecule has 3 N–H and O–H groups in total. The lowest BCUT2D eigenvalue weighted by Gasteiger charge is -2.24. The smallest absolute Gasteiger partial charge is 0.330 e. The second-order valence-electron chi connectivity index (χ2n) is 7.63. The van der Waals surface area contributed by atoms with Crippen molar-refractivity contribution < 1.29 is 4.79 Å². The number of anilines is 2. The molecule has 0 radical (unpaired) electrons. The Morgan fingerprint density at radius 1 is 1.22 bits per heavy atom. The molecule has 0 saturated heterocycles. The van der Waals surface area contributed by atoms with Crippen molar-refractivity contribution in [2.24, 2.45) is 0 Å². The zero-order valence-electron chi connectivity index (χ0n) is 18.7. The molecule has 0 fully saturated rings. The molecule has 8 nitrogen and oxygen atoms in total. The van der Waals surface area contributed by atoms with Crippen molar-refractivity contribution in [3.8, 4) is 0 Å². The van der Waals surface area contributed by atoms with Gasteiger partial charge in [-0.2, -0.15) is 0 Å². The number of carbonyl (C=O) groups excluding carboxylic acids is 1. The largest absolute Gasteiger partial charge is 0.383 e. The summed E-state index contributed by atoms with van der Waals surface area (Å²) in [7, 11) is 0. The van der Waals surface area contributed by atoms with Crippen molar-refractivity contribution in [1.82, 2.24) is 14.5 Å². The molecule has 0 bridgehead atoms. The van der Waals surface area contributed by atoms with Gasteiger partial charge >= 0.3 is 5.69 Å². The van der Waals surface area contributed by atoms with Gasteiger partial charge < -0.3 is 10.6 Å². The summed E-state index contributed by atoms with van der Waals surface area (Å²) in [4.78, 5) is 46.4. The fraction of sp³-hybridized carbons (Fsp3) is 0.391. The highest BCUT2D eigenvalue weighted by molar-refractivity contribution is 7.99. The van der Waals surface area contributed by atoms with E-state index in [9.17, 15) is 14.4 Å². The molecule has 0 unspecified atom stereocenters. The van der Waals surface area contributed by atoms with E-state index >= 15 is 0 Å². The van der Waals surface area contributed by atoms with Gasteiger partial charge in [0.2, 0.25) is 5.91 Å². The number of nitrogens with two attached hydrogens (primary N) is 1. The number of carbonyl (C=O) groups is 1. The Labute approximate surface area is 190 Å². The van der Waals surface area contributed by atoms with Gasteiger partial charge in [0, 0.05) is 18.5 Å². The number of nitrogens with zero attached hydrogens (tertiary/aromatic N) is 3. The zero-order valence-corrected chi connectivity index (χ0v) is 19.5. The Hall–Kier alpha value is -3.07. The minimum atomic E-state index is -0.644. The van der Waals surface area contributed by atoms with Crippen LogP contribution in [0.1, 0.15) is 38.7 Å². The Kier molecular flexibility index (Phi) is 7.74. The lowest BCUT2D eigenvalue weighted by Crippen LogP contribution is -2.42. The minimum Gasteiger partial charge on any atom is -0.383 e. The van der Waals surface area contributed by atoms with Crippen LogP contribution in [0, 0.1) is 6.92 Å². The molecule has 1 amide bonds. The van der Waals surface area contributed by atoms with E-state index in [4.69, 9.17) is 5.73 Å².